The van der Waals surface area contributed by atoms with Crippen molar-refractivity contribution in [3.63, 3.8) is 0 Å². The number of aromatic amines is 1. The van der Waals surface area contributed by atoms with E-state index in [4.69, 9.17) is 14.2 Å². The van der Waals surface area contributed by atoms with E-state index in [-0.39, 0.29) is 18.4 Å². The van der Waals surface area contributed by atoms with Crippen molar-refractivity contribution in [2.24, 2.45) is 5.92 Å². The SMILES string of the molecule is COCCn1nnnc1C(c1cc2cc3c(cc2[nH]c1=O)OCO3)N1CCC(Cc2ccccc2)CC1. The molecule has 0 amide bonds. The van der Waals surface area contributed by atoms with Crippen molar-refractivity contribution in [2.45, 2.75) is 31.8 Å². The number of piperidine rings is 1. The molecule has 10 heteroatoms. The average molecular weight is 503 g/mol. The van der Waals surface area contributed by atoms with E-state index in [2.05, 4.69) is 55.7 Å². The highest BCUT2D eigenvalue weighted by atomic mass is 16.7. The van der Waals surface area contributed by atoms with E-state index in [1.54, 1.807) is 11.8 Å². The van der Waals surface area contributed by atoms with Crippen molar-refractivity contribution in [2.75, 3.05) is 33.6 Å². The number of nitrogens with zero attached hydrogens (tertiary/aromatic N) is 5. The molecule has 0 saturated carbocycles. The molecule has 1 atom stereocenters. The summed E-state index contributed by atoms with van der Waals surface area (Å²) in [5, 5.41) is 13.4. The van der Waals surface area contributed by atoms with Gasteiger partial charge >= 0.3 is 0 Å². The number of rotatable bonds is 8. The lowest BCUT2D eigenvalue weighted by Crippen LogP contribution is -2.41. The summed E-state index contributed by atoms with van der Waals surface area (Å²) in [5.41, 5.74) is 2.52. The number of tetrazole rings is 1. The lowest BCUT2D eigenvalue weighted by Gasteiger charge is -2.37. The molecule has 0 bridgehead atoms. The van der Waals surface area contributed by atoms with Crippen LogP contribution in [-0.4, -0.2) is 63.7 Å². The third kappa shape index (κ3) is 4.82. The van der Waals surface area contributed by atoms with Gasteiger partial charge in [0.1, 0.15) is 6.04 Å². The number of H-pyrrole nitrogens is 1. The van der Waals surface area contributed by atoms with E-state index in [1.807, 2.05) is 18.2 Å². The molecule has 0 aliphatic carbocycles. The Kier molecular flexibility index (Phi) is 6.58. The van der Waals surface area contributed by atoms with Gasteiger partial charge in [0.2, 0.25) is 6.79 Å². The van der Waals surface area contributed by atoms with Gasteiger partial charge in [0.15, 0.2) is 17.3 Å². The minimum absolute atomic E-state index is 0.163. The molecule has 4 aromatic rings. The summed E-state index contributed by atoms with van der Waals surface area (Å²) in [5.74, 6) is 2.55. The van der Waals surface area contributed by atoms with Crippen molar-refractivity contribution in [1.82, 2.24) is 30.1 Å². The number of methoxy groups -OCH3 is 1. The monoisotopic (exact) mass is 502 g/mol. The molecule has 2 aliphatic heterocycles. The fraction of sp³-hybridized carbons (Fsp3) is 0.407. The van der Waals surface area contributed by atoms with Gasteiger partial charge in [-0.05, 0) is 66.4 Å². The van der Waals surface area contributed by atoms with E-state index < -0.39 is 0 Å². The van der Waals surface area contributed by atoms with Crippen LogP contribution in [0.15, 0.2) is 53.3 Å². The summed E-state index contributed by atoms with van der Waals surface area (Å²) in [4.78, 5) is 18.9. The second-order valence-electron chi connectivity index (χ2n) is 9.67. The second kappa shape index (κ2) is 10.3. The van der Waals surface area contributed by atoms with Crippen LogP contribution in [0.1, 0.15) is 35.8 Å². The molecular formula is C27H30N6O4. The molecule has 192 valence electrons. The third-order valence-corrected chi connectivity index (χ3v) is 7.35. The maximum atomic E-state index is 13.5. The van der Waals surface area contributed by atoms with Crippen LogP contribution in [0.25, 0.3) is 10.9 Å². The first-order valence-corrected chi connectivity index (χ1v) is 12.7. The van der Waals surface area contributed by atoms with Crippen LogP contribution in [-0.2, 0) is 17.7 Å². The zero-order valence-electron chi connectivity index (χ0n) is 20.8. The quantitative estimate of drug-likeness (QED) is 0.392. The third-order valence-electron chi connectivity index (χ3n) is 7.35. The number of benzene rings is 2. The number of aromatic nitrogens is 5. The highest BCUT2D eigenvalue weighted by molar-refractivity contribution is 5.83. The van der Waals surface area contributed by atoms with E-state index in [1.165, 1.54) is 5.56 Å². The lowest BCUT2D eigenvalue weighted by atomic mass is 9.89. The summed E-state index contributed by atoms with van der Waals surface area (Å²) >= 11 is 0. The smallest absolute Gasteiger partial charge is 0.253 e. The van der Waals surface area contributed by atoms with Gasteiger partial charge in [0, 0.05) is 24.1 Å². The van der Waals surface area contributed by atoms with Gasteiger partial charge in [-0.2, -0.15) is 0 Å². The minimum atomic E-state index is -0.386. The molecule has 4 heterocycles. The maximum Gasteiger partial charge on any atom is 0.253 e. The Labute approximate surface area is 214 Å². The summed E-state index contributed by atoms with van der Waals surface area (Å²) < 4.78 is 18.1. The Morgan fingerprint density at radius 1 is 1.11 bits per heavy atom. The van der Waals surface area contributed by atoms with E-state index in [0.29, 0.717) is 47.5 Å². The molecule has 10 nitrogen and oxygen atoms in total. The van der Waals surface area contributed by atoms with Crippen molar-refractivity contribution in [3.05, 3.63) is 75.8 Å². The van der Waals surface area contributed by atoms with E-state index in [9.17, 15) is 4.79 Å². The topological polar surface area (TPSA) is 107 Å². The summed E-state index contributed by atoms with van der Waals surface area (Å²) in [7, 11) is 1.65. The zero-order valence-corrected chi connectivity index (χ0v) is 20.8. The van der Waals surface area contributed by atoms with Crippen LogP contribution >= 0.6 is 0 Å². The van der Waals surface area contributed by atoms with Gasteiger partial charge < -0.3 is 19.2 Å². The highest BCUT2D eigenvalue weighted by Gasteiger charge is 2.33. The molecular weight excluding hydrogens is 472 g/mol. The molecule has 0 radical (unpaired) electrons. The molecule has 37 heavy (non-hydrogen) atoms. The molecule has 1 fully saturated rings. The number of ether oxygens (including phenoxy) is 3. The molecule has 1 N–H and O–H groups in total. The highest BCUT2D eigenvalue weighted by Crippen LogP contribution is 2.37. The van der Waals surface area contributed by atoms with Crippen LogP contribution in [0.3, 0.4) is 0 Å². The van der Waals surface area contributed by atoms with Gasteiger partial charge in [0.25, 0.3) is 5.56 Å². The summed E-state index contributed by atoms with van der Waals surface area (Å²) in [6.45, 7) is 2.85. The molecule has 1 saturated heterocycles. The molecule has 2 aromatic carbocycles. The second-order valence-corrected chi connectivity index (χ2v) is 9.67. The minimum Gasteiger partial charge on any atom is -0.454 e. The predicted octanol–water partition coefficient (Wildman–Crippen LogP) is 2.93. The fourth-order valence-corrected chi connectivity index (χ4v) is 5.42. The van der Waals surface area contributed by atoms with Crippen LogP contribution in [0, 0.1) is 5.92 Å². The molecule has 0 spiro atoms. The Balaban J connectivity index is 1.34. The van der Waals surface area contributed by atoms with Gasteiger partial charge in [-0.15, -0.1) is 5.10 Å². The van der Waals surface area contributed by atoms with Gasteiger partial charge in [-0.3, -0.25) is 9.69 Å². The Hall–Kier alpha value is -3.76. The Bertz CT molecular complexity index is 1430. The molecule has 6 rings (SSSR count). The summed E-state index contributed by atoms with van der Waals surface area (Å²) in [6.07, 6.45) is 3.14. The number of hydrogen-bond donors (Lipinski definition) is 1. The van der Waals surface area contributed by atoms with Crippen molar-refractivity contribution >= 4 is 10.9 Å². The summed E-state index contributed by atoms with van der Waals surface area (Å²) in [6, 6.07) is 15.9. The average Bonchev–Trinajstić information content (AvgIpc) is 3.57. The van der Waals surface area contributed by atoms with Gasteiger partial charge in [-0.1, -0.05) is 30.3 Å². The van der Waals surface area contributed by atoms with E-state index >= 15 is 0 Å². The maximum absolute atomic E-state index is 13.5. The van der Waals surface area contributed by atoms with E-state index in [0.717, 1.165) is 37.7 Å². The van der Waals surface area contributed by atoms with Crippen LogP contribution in [0.2, 0.25) is 0 Å². The van der Waals surface area contributed by atoms with Gasteiger partial charge in [0.05, 0.1) is 18.7 Å². The van der Waals surface area contributed by atoms with Crippen molar-refractivity contribution in [3.8, 4) is 11.5 Å². The number of hydrogen-bond acceptors (Lipinski definition) is 8. The number of pyridine rings is 1. The fourth-order valence-electron chi connectivity index (χ4n) is 5.42. The standard InChI is InChI=1S/C27H30N6O4/c1-35-12-11-33-26(29-30-31-33)25(32-9-7-19(8-10-32)13-18-5-3-2-4-6-18)21-14-20-15-23-24(37-17-36-23)16-22(20)28-27(21)34/h2-6,14-16,19,25H,7-13,17H2,1H3,(H,28,34). The Morgan fingerprint density at radius 2 is 1.89 bits per heavy atom. The first-order valence-electron chi connectivity index (χ1n) is 12.7. The zero-order chi connectivity index (χ0) is 25.2. The Morgan fingerprint density at radius 3 is 2.68 bits per heavy atom. The molecule has 1 unspecified atom stereocenters. The van der Waals surface area contributed by atoms with Crippen LogP contribution in [0.5, 0.6) is 11.5 Å². The largest absolute Gasteiger partial charge is 0.454 e. The molecule has 2 aromatic heterocycles. The first-order chi connectivity index (χ1) is 18.2. The molecule has 2 aliphatic rings. The van der Waals surface area contributed by atoms with Crippen molar-refractivity contribution < 1.29 is 14.2 Å². The van der Waals surface area contributed by atoms with Crippen LogP contribution in [0.4, 0.5) is 0 Å². The van der Waals surface area contributed by atoms with Crippen LogP contribution < -0.4 is 15.0 Å². The first kappa shape index (κ1) is 23.6. The van der Waals surface area contributed by atoms with Crippen molar-refractivity contribution in [1.29, 1.82) is 0 Å². The number of likely N-dealkylation sites (tertiary alicyclic amines) is 1. The lowest BCUT2D eigenvalue weighted by molar-refractivity contribution is 0.138. The van der Waals surface area contributed by atoms with Gasteiger partial charge in [-0.25, -0.2) is 4.68 Å². The number of fused-ring (bicyclic) bond motifs is 2. The predicted molar refractivity (Wildman–Crippen MR) is 137 cm³/mol. The normalized spacial score (nSPS) is 16.9. The number of nitrogens with one attached hydrogen (secondary N) is 1.